The van der Waals surface area contributed by atoms with E-state index in [1.165, 1.54) is 23.3 Å². The smallest absolute Gasteiger partial charge is 0.280 e. The molecule has 13 nitrogen and oxygen atoms in total. The number of hydrogen-bond donors (Lipinski definition) is 5. The van der Waals surface area contributed by atoms with Crippen LogP contribution in [0.25, 0.3) is 22.3 Å². The SMILES string of the molecule is CC(=O)Nc1ccc(-c2ccc(N(C(C)=O)c3nc4c(=O)[nH]c(N)nc4n3[C@@H]3C[C@H](O)[C@@H](CO)O3)cc2)cc1. The lowest BCUT2D eigenvalue weighted by atomic mass is 10.0. The van der Waals surface area contributed by atoms with Gasteiger partial charge in [0.15, 0.2) is 11.2 Å². The Morgan fingerprint density at radius 2 is 1.77 bits per heavy atom. The molecule has 2 amide bonds. The Labute approximate surface area is 221 Å². The van der Waals surface area contributed by atoms with E-state index in [2.05, 4.69) is 20.3 Å². The van der Waals surface area contributed by atoms with Gasteiger partial charge in [0.05, 0.1) is 18.4 Å². The third-order valence-electron chi connectivity index (χ3n) is 6.40. The van der Waals surface area contributed by atoms with Crippen molar-refractivity contribution < 1.29 is 24.5 Å². The number of anilines is 4. The van der Waals surface area contributed by atoms with Crippen LogP contribution >= 0.6 is 0 Å². The van der Waals surface area contributed by atoms with Crippen LogP contribution in [-0.4, -0.2) is 60.4 Å². The third kappa shape index (κ3) is 4.97. The van der Waals surface area contributed by atoms with Gasteiger partial charge in [0.1, 0.15) is 12.3 Å². The number of rotatable bonds is 6. The maximum atomic E-state index is 13.0. The van der Waals surface area contributed by atoms with Crippen molar-refractivity contribution in [1.29, 1.82) is 0 Å². The molecule has 1 fully saturated rings. The van der Waals surface area contributed by atoms with Crippen LogP contribution in [0.2, 0.25) is 0 Å². The van der Waals surface area contributed by atoms with Crippen molar-refractivity contribution in [1.82, 2.24) is 19.5 Å². The number of aliphatic hydroxyl groups excluding tert-OH is 2. The number of amides is 2. The molecular weight excluding hydrogens is 506 g/mol. The topological polar surface area (TPSA) is 189 Å². The first-order valence-electron chi connectivity index (χ1n) is 12.2. The van der Waals surface area contributed by atoms with Gasteiger partial charge in [0.2, 0.25) is 23.7 Å². The summed E-state index contributed by atoms with van der Waals surface area (Å²) >= 11 is 0. The Hall–Kier alpha value is -4.59. The first-order valence-corrected chi connectivity index (χ1v) is 12.2. The lowest BCUT2D eigenvalue weighted by Crippen LogP contribution is -2.28. The molecule has 13 heteroatoms. The number of ether oxygens (including phenoxy) is 1. The molecule has 1 aliphatic heterocycles. The average Bonchev–Trinajstić information content (AvgIpc) is 3.44. The lowest BCUT2D eigenvalue weighted by molar-refractivity contribution is -0.116. The van der Waals surface area contributed by atoms with E-state index in [0.717, 1.165) is 11.1 Å². The molecule has 1 aliphatic rings. The Bertz CT molecular complexity index is 1600. The monoisotopic (exact) mass is 533 g/mol. The van der Waals surface area contributed by atoms with Crippen LogP contribution in [0, 0.1) is 0 Å². The molecule has 202 valence electrons. The number of fused-ring (bicyclic) bond motifs is 1. The van der Waals surface area contributed by atoms with E-state index < -0.39 is 36.5 Å². The zero-order valence-corrected chi connectivity index (χ0v) is 21.2. The molecule has 0 spiro atoms. The van der Waals surface area contributed by atoms with E-state index in [1.54, 1.807) is 24.3 Å². The number of aromatic nitrogens is 4. The summed E-state index contributed by atoms with van der Waals surface area (Å²) in [5, 5.41) is 22.7. The molecule has 6 N–H and O–H groups in total. The summed E-state index contributed by atoms with van der Waals surface area (Å²) in [6.45, 7) is 2.37. The number of carbonyl (C=O) groups excluding carboxylic acids is 2. The van der Waals surface area contributed by atoms with Crippen LogP contribution in [0.3, 0.4) is 0 Å². The second kappa shape index (κ2) is 10.3. The van der Waals surface area contributed by atoms with Crippen LogP contribution in [0.15, 0.2) is 53.3 Å². The fraction of sp³-hybridized carbons (Fsp3) is 0.269. The zero-order valence-electron chi connectivity index (χ0n) is 21.2. The van der Waals surface area contributed by atoms with Gasteiger partial charge >= 0.3 is 0 Å². The summed E-state index contributed by atoms with van der Waals surface area (Å²) in [5.74, 6) is -0.669. The Morgan fingerprint density at radius 1 is 1.13 bits per heavy atom. The molecule has 2 aromatic heterocycles. The molecule has 4 aromatic rings. The highest BCUT2D eigenvalue weighted by Crippen LogP contribution is 2.37. The molecule has 1 saturated heterocycles. The molecule has 0 aliphatic carbocycles. The van der Waals surface area contributed by atoms with E-state index in [4.69, 9.17) is 10.5 Å². The highest BCUT2D eigenvalue weighted by Gasteiger charge is 2.38. The van der Waals surface area contributed by atoms with Crippen LogP contribution in [-0.2, 0) is 14.3 Å². The minimum Gasteiger partial charge on any atom is -0.394 e. The predicted molar refractivity (Wildman–Crippen MR) is 143 cm³/mol. The summed E-state index contributed by atoms with van der Waals surface area (Å²) < 4.78 is 7.28. The minimum atomic E-state index is -0.980. The number of aliphatic hydroxyl groups is 2. The number of nitrogens with zero attached hydrogens (tertiary/aromatic N) is 4. The molecule has 39 heavy (non-hydrogen) atoms. The van der Waals surface area contributed by atoms with Crippen molar-refractivity contribution in [3.8, 4) is 11.1 Å². The van der Waals surface area contributed by atoms with Gasteiger partial charge in [-0.15, -0.1) is 0 Å². The van der Waals surface area contributed by atoms with Crippen molar-refractivity contribution in [2.24, 2.45) is 0 Å². The second-order valence-electron chi connectivity index (χ2n) is 9.18. The Morgan fingerprint density at radius 3 is 2.33 bits per heavy atom. The molecule has 0 bridgehead atoms. The zero-order chi connectivity index (χ0) is 27.8. The number of nitrogens with one attached hydrogen (secondary N) is 2. The highest BCUT2D eigenvalue weighted by atomic mass is 16.5. The first-order chi connectivity index (χ1) is 18.7. The maximum Gasteiger partial charge on any atom is 0.280 e. The number of nitrogen functional groups attached to an aromatic ring is 1. The normalized spacial score (nSPS) is 18.8. The summed E-state index contributed by atoms with van der Waals surface area (Å²) in [5.41, 5.74) is 8.10. The quantitative estimate of drug-likeness (QED) is 0.245. The van der Waals surface area contributed by atoms with Crippen LogP contribution in [0.5, 0.6) is 0 Å². The first kappa shape index (κ1) is 26.0. The summed E-state index contributed by atoms with van der Waals surface area (Å²) in [4.78, 5) is 49.3. The molecule has 5 rings (SSSR count). The van der Waals surface area contributed by atoms with E-state index in [-0.39, 0.29) is 35.4 Å². The van der Waals surface area contributed by atoms with Gasteiger partial charge in [0.25, 0.3) is 5.56 Å². The Kier molecular flexibility index (Phi) is 6.87. The van der Waals surface area contributed by atoms with Gasteiger partial charge in [-0.05, 0) is 35.4 Å². The number of H-pyrrole nitrogens is 1. The number of benzene rings is 2. The summed E-state index contributed by atoms with van der Waals surface area (Å²) in [6.07, 6.45) is -2.65. The number of imidazole rings is 1. The fourth-order valence-corrected chi connectivity index (χ4v) is 4.64. The Balaban J connectivity index is 1.57. The van der Waals surface area contributed by atoms with Crippen molar-refractivity contribution in [3.63, 3.8) is 0 Å². The molecule has 0 radical (unpaired) electrons. The molecule has 2 aromatic carbocycles. The molecule has 0 unspecified atom stereocenters. The van der Waals surface area contributed by atoms with E-state index >= 15 is 0 Å². The summed E-state index contributed by atoms with van der Waals surface area (Å²) in [6, 6.07) is 14.4. The number of aromatic amines is 1. The number of hydrogen-bond acceptors (Lipinski definition) is 9. The second-order valence-corrected chi connectivity index (χ2v) is 9.18. The van der Waals surface area contributed by atoms with Gasteiger partial charge < -0.3 is 26.0 Å². The number of carbonyl (C=O) groups is 2. The predicted octanol–water partition coefficient (Wildman–Crippen LogP) is 1.65. The van der Waals surface area contributed by atoms with Crippen LogP contribution in [0.4, 0.5) is 23.3 Å². The highest BCUT2D eigenvalue weighted by molar-refractivity contribution is 5.99. The van der Waals surface area contributed by atoms with Crippen molar-refractivity contribution in [3.05, 3.63) is 58.9 Å². The maximum absolute atomic E-state index is 13.0. The summed E-state index contributed by atoms with van der Waals surface area (Å²) in [7, 11) is 0. The largest absolute Gasteiger partial charge is 0.394 e. The van der Waals surface area contributed by atoms with Crippen molar-refractivity contribution >= 4 is 46.2 Å². The minimum absolute atomic E-state index is 0.0456. The molecule has 3 atom stereocenters. The third-order valence-corrected chi connectivity index (χ3v) is 6.40. The van der Waals surface area contributed by atoms with Gasteiger partial charge in [0, 0.05) is 26.0 Å². The van der Waals surface area contributed by atoms with E-state index in [9.17, 15) is 24.6 Å². The van der Waals surface area contributed by atoms with Gasteiger partial charge in [-0.1, -0.05) is 24.3 Å². The number of nitrogens with two attached hydrogens (primary N) is 1. The van der Waals surface area contributed by atoms with Crippen molar-refractivity contribution in [2.45, 2.75) is 38.7 Å². The van der Waals surface area contributed by atoms with Gasteiger partial charge in [-0.3, -0.25) is 28.8 Å². The molecule has 0 saturated carbocycles. The lowest BCUT2D eigenvalue weighted by Gasteiger charge is -2.24. The van der Waals surface area contributed by atoms with E-state index in [1.807, 2.05) is 24.3 Å². The molecular formula is C26H27N7O6. The van der Waals surface area contributed by atoms with Gasteiger partial charge in [-0.25, -0.2) is 4.98 Å². The van der Waals surface area contributed by atoms with Crippen molar-refractivity contribution in [2.75, 3.05) is 22.6 Å². The van der Waals surface area contributed by atoms with Gasteiger partial charge in [-0.2, -0.15) is 4.98 Å². The van der Waals surface area contributed by atoms with E-state index in [0.29, 0.717) is 11.4 Å². The molecule has 3 heterocycles. The standard InChI is InChI=1S/C26H27N7O6/c1-13(35)28-17-7-3-15(4-8-17)16-5-9-18(10-6-16)32(14(2)36)26-29-22-23(30-25(27)31-24(22)38)33(26)21-11-19(37)20(12-34)39-21/h3-10,19-21,34,37H,11-12H2,1-2H3,(H,28,35)(H3,27,30,31,38)/t19-,20+,21-/m0/s1. The average molecular weight is 534 g/mol. The fourth-order valence-electron chi connectivity index (χ4n) is 4.64. The van der Waals surface area contributed by atoms with Crippen LogP contribution < -0.4 is 21.5 Å². The van der Waals surface area contributed by atoms with Crippen LogP contribution in [0.1, 0.15) is 26.5 Å².